The van der Waals surface area contributed by atoms with E-state index < -0.39 is 29.4 Å². The smallest absolute Gasteiger partial charge is 0.419 e. The van der Waals surface area contributed by atoms with Crippen LogP contribution in [0.15, 0.2) is 65.4 Å². The molecule has 0 bridgehead atoms. The zero-order chi connectivity index (χ0) is 36.6. The van der Waals surface area contributed by atoms with Crippen molar-refractivity contribution in [1.29, 1.82) is 0 Å². The van der Waals surface area contributed by atoms with Gasteiger partial charge < -0.3 is 24.4 Å². The monoisotopic (exact) mass is 754 g/mol. The fraction of sp³-hybridized carbons (Fsp3) is 0.353. The van der Waals surface area contributed by atoms with Gasteiger partial charge in [0.25, 0.3) is 0 Å². The molecule has 2 aromatic carbocycles. The summed E-state index contributed by atoms with van der Waals surface area (Å²) in [7, 11) is 0. The van der Waals surface area contributed by atoms with Crippen molar-refractivity contribution in [3.05, 3.63) is 87.9 Å². The van der Waals surface area contributed by atoms with Crippen LogP contribution in [0.1, 0.15) is 53.0 Å². The molecule has 4 heterocycles. The Kier molecular flexibility index (Phi) is 12.2. The van der Waals surface area contributed by atoms with E-state index in [0.717, 1.165) is 28.5 Å². The van der Waals surface area contributed by atoms with Crippen LogP contribution in [0.5, 0.6) is 11.5 Å². The van der Waals surface area contributed by atoms with Gasteiger partial charge in [0.1, 0.15) is 29.4 Å². The molecule has 272 valence electrons. The van der Waals surface area contributed by atoms with Crippen molar-refractivity contribution in [3.63, 3.8) is 0 Å². The summed E-state index contributed by atoms with van der Waals surface area (Å²) in [5, 5.41) is 13.6. The van der Waals surface area contributed by atoms with Crippen LogP contribution < -0.4 is 19.3 Å². The fourth-order valence-electron chi connectivity index (χ4n) is 5.43. The maximum absolute atomic E-state index is 13.1. The maximum Gasteiger partial charge on any atom is 0.419 e. The molecular weight excluding hydrogens is 723 g/mol. The molecule has 2 fully saturated rings. The number of carbonyl (C=O) groups is 2. The molecule has 0 atom stereocenters. The van der Waals surface area contributed by atoms with Crippen LogP contribution in [0.2, 0.25) is 0 Å². The number of piperidine rings is 2. The van der Waals surface area contributed by atoms with Crippen LogP contribution in [0.25, 0.3) is 6.08 Å². The summed E-state index contributed by atoms with van der Waals surface area (Å²) in [6, 6.07) is 10.5. The lowest BCUT2D eigenvalue weighted by Gasteiger charge is -2.32. The summed E-state index contributed by atoms with van der Waals surface area (Å²) in [5.74, 6) is -1.30. The second-order valence-corrected chi connectivity index (χ2v) is 13.2. The number of alkyl halides is 6. The van der Waals surface area contributed by atoms with E-state index in [2.05, 4.69) is 9.97 Å². The van der Waals surface area contributed by atoms with Crippen LogP contribution in [0.4, 0.5) is 36.6 Å². The first-order valence-electron chi connectivity index (χ1n) is 15.7. The van der Waals surface area contributed by atoms with E-state index in [4.69, 9.17) is 14.6 Å². The van der Waals surface area contributed by atoms with Gasteiger partial charge in [-0.15, -0.1) is 22.7 Å². The van der Waals surface area contributed by atoms with Gasteiger partial charge in [0.05, 0.1) is 16.8 Å². The molecule has 6 rings (SSSR count). The minimum atomic E-state index is -4.45. The Hall–Kier alpha value is -4.64. The molecule has 4 aromatic rings. The van der Waals surface area contributed by atoms with Crippen LogP contribution in [-0.2, 0) is 17.1 Å². The second-order valence-electron chi connectivity index (χ2n) is 11.5. The molecular formula is C34H32F6N4O5S2. The first kappa shape index (κ1) is 37.6. The van der Waals surface area contributed by atoms with Crippen molar-refractivity contribution >= 4 is 51.3 Å². The van der Waals surface area contributed by atoms with Crippen molar-refractivity contribution in [2.75, 3.05) is 36.0 Å². The molecule has 2 aliphatic rings. The normalized spacial score (nSPS) is 16.1. The lowest BCUT2D eigenvalue weighted by molar-refractivity contribution is -0.140. The largest absolute Gasteiger partial charge is 0.490 e. The molecule has 17 heteroatoms. The minimum absolute atomic E-state index is 0.124. The van der Waals surface area contributed by atoms with Crippen molar-refractivity contribution < 1.29 is 50.5 Å². The number of carboxylic acid groups (broad SMARTS) is 1. The van der Waals surface area contributed by atoms with E-state index in [1.807, 2.05) is 9.80 Å². The topological polar surface area (TPSA) is 105 Å². The molecule has 2 aromatic heterocycles. The number of nitrogens with zero attached hydrogens (tertiary/aromatic N) is 4. The highest BCUT2D eigenvalue weighted by Crippen LogP contribution is 2.38. The quantitative estimate of drug-likeness (QED) is 0.103. The number of hydrogen-bond acceptors (Lipinski definition) is 10. The van der Waals surface area contributed by atoms with Gasteiger partial charge in [-0.05, 0) is 30.3 Å². The van der Waals surface area contributed by atoms with Crippen LogP contribution >= 0.6 is 22.7 Å². The number of aromatic nitrogens is 2. The van der Waals surface area contributed by atoms with Gasteiger partial charge in [-0.1, -0.05) is 24.3 Å². The molecule has 0 aliphatic carbocycles. The summed E-state index contributed by atoms with van der Waals surface area (Å²) in [6.45, 7) is 2.47. The molecule has 0 unspecified atom stereocenters. The third kappa shape index (κ3) is 10.4. The summed E-state index contributed by atoms with van der Waals surface area (Å²) >= 11 is 2.79. The number of benzene rings is 2. The number of anilines is 2. The van der Waals surface area contributed by atoms with Gasteiger partial charge in [-0.2, -0.15) is 26.3 Å². The lowest BCUT2D eigenvalue weighted by Crippen LogP contribution is -2.38. The average molecular weight is 755 g/mol. The SMILES string of the molecule is O=C(O)C=Cc1csc(N2CCC(Oc3ccccc3C(F)(F)F)CC2)n1.O=Cc1csc(N2CCC(Oc3ccccc3C(F)(F)F)CC2)n1. The number of thiazole rings is 2. The molecule has 0 spiro atoms. The number of halogens is 6. The zero-order valence-corrected chi connectivity index (χ0v) is 28.4. The van der Waals surface area contributed by atoms with Crippen molar-refractivity contribution in [2.45, 2.75) is 50.2 Å². The molecule has 51 heavy (non-hydrogen) atoms. The molecule has 1 N–H and O–H groups in total. The van der Waals surface area contributed by atoms with Gasteiger partial charge in [0, 0.05) is 68.7 Å². The Balaban J connectivity index is 0.000000199. The van der Waals surface area contributed by atoms with E-state index in [0.29, 0.717) is 69.5 Å². The first-order chi connectivity index (χ1) is 24.3. The number of ether oxygens (including phenoxy) is 2. The number of aldehydes is 1. The standard InChI is InChI=1S/C18H17F3N2O3S.C16H15F3N2O2S/c19-18(20,21)14-3-1-2-4-15(14)26-13-7-9-23(10-8-13)17-22-12(11-27-17)5-6-16(24)25;17-16(18,19)13-3-1-2-4-14(13)23-12-5-7-21(8-6-12)15-20-11(9-22)10-24-15/h1-6,11,13H,7-10H2,(H,24,25);1-4,9-10,12H,5-8H2. The number of para-hydroxylation sites is 2. The first-order valence-corrected chi connectivity index (χ1v) is 17.5. The van der Waals surface area contributed by atoms with Crippen LogP contribution in [0, 0.1) is 0 Å². The van der Waals surface area contributed by atoms with E-state index in [1.165, 1.54) is 65.1 Å². The van der Waals surface area contributed by atoms with E-state index in [1.54, 1.807) is 10.8 Å². The van der Waals surface area contributed by atoms with E-state index >= 15 is 0 Å². The minimum Gasteiger partial charge on any atom is -0.490 e. The van der Waals surface area contributed by atoms with Crippen molar-refractivity contribution in [3.8, 4) is 11.5 Å². The number of hydrogen-bond donors (Lipinski definition) is 1. The summed E-state index contributed by atoms with van der Waals surface area (Å²) < 4.78 is 89.4. The van der Waals surface area contributed by atoms with E-state index in [9.17, 15) is 35.9 Å². The molecule has 2 aliphatic heterocycles. The maximum atomic E-state index is 13.1. The third-order valence-corrected chi connectivity index (χ3v) is 9.77. The van der Waals surface area contributed by atoms with Gasteiger partial charge >= 0.3 is 18.3 Å². The van der Waals surface area contributed by atoms with Gasteiger partial charge in [-0.25, -0.2) is 14.8 Å². The molecule has 0 amide bonds. The number of carboxylic acids is 1. The number of aliphatic carboxylic acids is 1. The van der Waals surface area contributed by atoms with Gasteiger partial charge in [-0.3, -0.25) is 4.79 Å². The van der Waals surface area contributed by atoms with Crippen molar-refractivity contribution in [1.82, 2.24) is 9.97 Å². The molecule has 9 nitrogen and oxygen atoms in total. The molecule has 0 radical (unpaired) electrons. The molecule has 0 saturated carbocycles. The summed E-state index contributed by atoms with van der Waals surface area (Å²) in [6.07, 6.45) is -3.94. The molecule has 2 saturated heterocycles. The Labute approximate surface area is 296 Å². The highest BCUT2D eigenvalue weighted by atomic mass is 32.1. The highest BCUT2D eigenvalue weighted by Gasteiger charge is 2.36. The fourth-order valence-corrected chi connectivity index (χ4v) is 7.10. The summed E-state index contributed by atoms with van der Waals surface area (Å²) in [5.41, 5.74) is -0.549. The van der Waals surface area contributed by atoms with Crippen LogP contribution in [-0.4, -0.2) is 65.7 Å². The lowest BCUT2D eigenvalue weighted by atomic mass is 10.1. The number of rotatable bonds is 9. The Morgan fingerprint density at radius 3 is 1.53 bits per heavy atom. The Bertz CT molecular complexity index is 1800. The highest BCUT2D eigenvalue weighted by molar-refractivity contribution is 7.14. The van der Waals surface area contributed by atoms with Crippen molar-refractivity contribution in [2.24, 2.45) is 0 Å². The van der Waals surface area contributed by atoms with E-state index in [-0.39, 0.29) is 23.7 Å². The third-order valence-electron chi connectivity index (χ3n) is 7.93. The predicted octanol–water partition coefficient (Wildman–Crippen LogP) is 8.33. The van der Waals surface area contributed by atoms with Crippen LogP contribution in [0.3, 0.4) is 0 Å². The average Bonchev–Trinajstić information content (AvgIpc) is 3.79. The van der Waals surface area contributed by atoms with Gasteiger partial charge in [0.15, 0.2) is 16.5 Å². The second kappa shape index (κ2) is 16.6. The van der Waals surface area contributed by atoms with Gasteiger partial charge in [0.2, 0.25) is 0 Å². The zero-order valence-electron chi connectivity index (χ0n) is 26.8. The Morgan fingerprint density at radius 1 is 0.725 bits per heavy atom. The predicted molar refractivity (Wildman–Crippen MR) is 181 cm³/mol. The number of carbonyl (C=O) groups excluding carboxylic acids is 1. The summed E-state index contributed by atoms with van der Waals surface area (Å²) in [4.78, 5) is 33.8. The Morgan fingerprint density at radius 2 is 1.14 bits per heavy atom.